The zero-order valence-electron chi connectivity index (χ0n) is 8.19. The first-order valence-corrected chi connectivity index (χ1v) is 4.27. The number of nitrogens with zero attached hydrogens (tertiary/aromatic N) is 2. The summed E-state index contributed by atoms with van der Waals surface area (Å²) in [6.07, 6.45) is 3.22. The first kappa shape index (κ1) is 9.92. The van der Waals surface area contributed by atoms with Gasteiger partial charge in [-0.3, -0.25) is 4.98 Å². The molecular weight excluding hydrogens is 166 g/mol. The largest absolute Gasteiger partial charge is 0.480 e. The summed E-state index contributed by atoms with van der Waals surface area (Å²) in [4.78, 5) is 8.19. The highest BCUT2D eigenvalue weighted by Gasteiger charge is 2.17. The molecule has 0 aromatic carbocycles. The van der Waals surface area contributed by atoms with E-state index in [-0.39, 0.29) is 6.04 Å². The zero-order chi connectivity index (χ0) is 9.84. The summed E-state index contributed by atoms with van der Waals surface area (Å²) in [7, 11) is 1.57. The number of rotatable bonds is 3. The van der Waals surface area contributed by atoms with Gasteiger partial charge >= 0.3 is 0 Å². The third-order valence-corrected chi connectivity index (χ3v) is 1.92. The molecule has 0 aliphatic rings. The third kappa shape index (κ3) is 2.15. The van der Waals surface area contributed by atoms with Crippen LogP contribution in [0, 0.1) is 5.92 Å². The first-order chi connectivity index (χ1) is 6.16. The lowest BCUT2D eigenvalue weighted by Gasteiger charge is -2.16. The van der Waals surface area contributed by atoms with Gasteiger partial charge in [0.2, 0.25) is 5.88 Å². The van der Waals surface area contributed by atoms with E-state index in [4.69, 9.17) is 10.5 Å². The van der Waals surface area contributed by atoms with Gasteiger partial charge in [0.25, 0.3) is 0 Å². The molecule has 0 amide bonds. The van der Waals surface area contributed by atoms with Crippen LogP contribution in [0.4, 0.5) is 0 Å². The molecule has 1 aromatic rings. The second kappa shape index (κ2) is 4.18. The summed E-state index contributed by atoms with van der Waals surface area (Å²) in [5.41, 5.74) is 6.65. The highest BCUT2D eigenvalue weighted by molar-refractivity contribution is 5.21. The van der Waals surface area contributed by atoms with E-state index in [1.807, 2.05) is 13.8 Å². The minimum absolute atomic E-state index is 0.122. The van der Waals surface area contributed by atoms with Crippen LogP contribution in [0.2, 0.25) is 0 Å². The van der Waals surface area contributed by atoms with Crippen molar-refractivity contribution in [2.75, 3.05) is 7.11 Å². The fraction of sp³-hybridized carbons (Fsp3) is 0.556. The van der Waals surface area contributed by atoms with E-state index < -0.39 is 0 Å². The Morgan fingerprint density at radius 1 is 1.31 bits per heavy atom. The SMILES string of the molecule is COc1nccnc1C(N)C(C)C. The maximum absolute atomic E-state index is 5.93. The number of hydrogen-bond donors (Lipinski definition) is 1. The molecule has 0 saturated heterocycles. The summed E-state index contributed by atoms with van der Waals surface area (Å²) < 4.78 is 5.06. The normalized spacial score (nSPS) is 13.0. The monoisotopic (exact) mass is 181 g/mol. The van der Waals surface area contributed by atoms with Crippen molar-refractivity contribution in [3.05, 3.63) is 18.1 Å². The van der Waals surface area contributed by atoms with Crippen LogP contribution in [0.3, 0.4) is 0 Å². The predicted molar refractivity (Wildman–Crippen MR) is 50.4 cm³/mol. The van der Waals surface area contributed by atoms with Crippen molar-refractivity contribution in [1.29, 1.82) is 0 Å². The number of nitrogens with two attached hydrogens (primary N) is 1. The average molecular weight is 181 g/mol. The standard InChI is InChI=1S/C9H15N3O/c1-6(2)7(10)8-9(13-3)12-5-4-11-8/h4-7H,10H2,1-3H3. The first-order valence-electron chi connectivity index (χ1n) is 4.27. The van der Waals surface area contributed by atoms with Crippen molar-refractivity contribution in [3.63, 3.8) is 0 Å². The smallest absolute Gasteiger partial charge is 0.236 e. The zero-order valence-corrected chi connectivity index (χ0v) is 8.19. The van der Waals surface area contributed by atoms with Gasteiger partial charge in [-0.05, 0) is 5.92 Å². The van der Waals surface area contributed by atoms with Crippen LogP contribution in [0.1, 0.15) is 25.6 Å². The molecule has 1 atom stereocenters. The molecule has 0 fully saturated rings. The summed E-state index contributed by atoms with van der Waals surface area (Å²) in [6.45, 7) is 4.08. The molecule has 4 heteroatoms. The van der Waals surface area contributed by atoms with Crippen molar-refractivity contribution in [2.45, 2.75) is 19.9 Å². The number of methoxy groups -OCH3 is 1. The van der Waals surface area contributed by atoms with Crippen molar-refractivity contribution < 1.29 is 4.74 Å². The molecule has 1 heterocycles. The quantitative estimate of drug-likeness (QED) is 0.759. The molecule has 0 aliphatic heterocycles. The Kier molecular flexibility index (Phi) is 3.19. The second-order valence-corrected chi connectivity index (χ2v) is 3.22. The Morgan fingerprint density at radius 2 is 1.92 bits per heavy atom. The predicted octanol–water partition coefficient (Wildman–Crippen LogP) is 1.14. The van der Waals surface area contributed by atoms with E-state index in [2.05, 4.69) is 9.97 Å². The molecule has 0 spiro atoms. The van der Waals surface area contributed by atoms with Gasteiger partial charge in [-0.1, -0.05) is 13.8 Å². The lowest BCUT2D eigenvalue weighted by Crippen LogP contribution is -2.19. The van der Waals surface area contributed by atoms with Crippen molar-refractivity contribution >= 4 is 0 Å². The fourth-order valence-corrected chi connectivity index (χ4v) is 1.04. The maximum atomic E-state index is 5.93. The van der Waals surface area contributed by atoms with Crippen LogP contribution in [0.5, 0.6) is 5.88 Å². The van der Waals surface area contributed by atoms with Gasteiger partial charge in [0.1, 0.15) is 5.69 Å². The fourth-order valence-electron chi connectivity index (χ4n) is 1.04. The number of ether oxygens (including phenoxy) is 1. The minimum Gasteiger partial charge on any atom is -0.480 e. The Morgan fingerprint density at radius 3 is 2.46 bits per heavy atom. The molecule has 13 heavy (non-hydrogen) atoms. The van der Waals surface area contributed by atoms with Crippen LogP contribution >= 0.6 is 0 Å². The molecule has 1 unspecified atom stereocenters. The van der Waals surface area contributed by atoms with Crippen molar-refractivity contribution in [3.8, 4) is 5.88 Å². The molecule has 0 saturated carbocycles. The summed E-state index contributed by atoms with van der Waals surface area (Å²) in [6, 6.07) is -0.122. The average Bonchev–Trinajstić information content (AvgIpc) is 2.16. The number of aromatic nitrogens is 2. The van der Waals surface area contributed by atoms with Crippen LogP contribution in [-0.2, 0) is 0 Å². The van der Waals surface area contributed by atoms with Crippen LogP contribution in [0.15, 0.2) is 12.4 Å². The number of hydrogen-bond acceptors (Lipinski definition) is 4. The summed E-state index contributed by atoms with van der Waals surface area (Å²) in [5, 5.41) is 0. The van der Waals surface area contributed by atoms with Gasteiger partial charge in [0.15, 0.2) is 0 Å². The van der Waals surface area contributed by atoms with Gasteiger partial charge in [0.05, 0.1) is 13.2 Å². The topological polar surface area (TPSA) is 61.0 Å². The molecular formula is C9H15N3O. The molecule has 72 valence electrons. The van der Waals surface area contributed by atoms with Gasteiger partial charge in [-0.25, -0.2) is 4.98 Å². The van der Waals surface area contributed by atoms with Gasteiger partial charge in [0, 0.05) is 12.4 Å². The molecule has 2 N–H and O–H groups in total. The van der Waals surface area contributed by atoms with E-state index >= 15 is 0 Å². The lowest BCUT2D eigenvalue weighted by atomic mass is 10.0. The highest BCUT2D eigenvalue weighted by Crippen LogP contribution is 2.23. The Labute approximate surface area is 78.1 Å². The Balaban J connectivity index is 2.98. The van der Waals surface area contributed by atoms with Gasteiger partial charge < -0.3 is 10.5 Å². The minimum atomic E-state index is -0.122. The Hall–Kier alpha value is -1.16. The van der Waals surface area contributed by atoms with Crippen LogP contribution in [0.25, 0.3) is 0 Å². The van der Waals surface area contributed by atoms with E-state index in [0.29, 0.717) is 11.8 Å². The second-order valence-electron chi connectivity index (χ2n) is 3.22. The summed E-state index contributed by atoms with van der Waals surface area (Å²) in [5.74, 6) is 0.842. The van der Waals surface area contributed by atoms with E-state index in [1.54, 1.807) is 19.5 Å². The molecule has 0 aliphatic carbocycles. The highest BCUT2D eigenvalue weighted by atomic mass is 16.5. The third-order valence-electron chi connectivity index (χ3n) is 1.92. The lowest BCUT2D eigenvalue weighted by molar-refractivity contribution is 0.374. The van der Waals surface area contributed by atoms with E-state index in [9.17, 15) is 0 Å². The molecule has 0 radical (unpaired) electrons. The van der Waals surface area contributed by atoms with Gasteiger partial charge in [-0.15, -0.1) is 0 Å². The summed E-state index contributed by atoms with van der Waals surface area (Å²) >= 11 is 0. The van der Waals surface area contributed by atoms with E-state index in [0.717, 1.165) is 5.69 Å². The Bertz CT molecular complexity index is 275. The van der Waals surface area contributed by atoms with Crippen LogP contribution < -0.4 is 10.5 Å². The molecule has 4 nitrogen and oxygen atoms in total. The molecule has 1 aromatic heterocycles. The van der Waals surface area contributed by atoms with Gasteiger partial charge in [-0.2, -0.15) is 0 Å². The van der Waals surface area contributed by atoms with Crippen molar-refractivity contribution in [2.24, 2.45) is 11.7 Å². The molecule has 1 rings (SSSR count). The van der Waals surface area contributed by atoms with E-state index in [1.165, 1.54) is 0 Å². The maximum Gasteiger partial charge on any atom is 0.236 e. The van der Waals surface area contributed by atoms with Crippen LogP contribution in [-0.4, -0.2) is 17.1 Å². The molecule has 0 bridgehead atoms. The van der Waals surface area contributed by atoms with Crippen molar-refractivity contribution in [1.82, 2.24) is 9.97 Å².